The highest BCUT2D eigenvalue weighted by molar-refractivity contribution is 9.10. The summed E-state index contributed by atoms with van der Waals surface area (Å²) in [5, 5.41) is 16.6. The molecule has 158 valence electrons. The molecule has 2 amide bonds. The molecule has 1 aliphatic rings. The highest BCUT2D eigenvalue weighted by Gasteiger charge is 2.24. The Morgan fingerprint density at radius 2 is 1.71 bits per heavy atom. The van der Waals surface area contributed by atoms with Crippen LogP contribution in [0.15, 0.2) is 59.1 Å². The summed E-state index contributed by atoms with van der Waals surface area (Å²) in [4.78, 5) is 36.7. The minimum Gasteiger partial charge on any atom is -0.483 e. The minimum absolute atomic E-state index is 0.0465. The maximum Gasteiger partial charge on any atom is 0.337 e. The molecule has 1 saturated carbocycles. The van der Waals surface area contributed by atoms with Crippen molar-refractivity contribution in [1.29, 1.82) is 0 Å². The quantitative estimate of drug-likeness (QED) is 0.467. The lowest BCUT2D eigenvalue weighted by Crippen LogP contribution is -2.30. The average molecular weight is 483 g/mol. The number of anilines is 1. The number of amides is 2. The Labute approximate surface area is 186 Å². The summed E-state index contributed by atoms with van der Waals surface area (Å²) in [7, 11) is 0. The van der Waals surface area contributed by atoms with Gasteiger partial charge in [0.05, 0.1) is 16.8 Å². The zero-order valence-electron chi connectivity index (χ0n) is 16.4. The molecule has 0 atom stereocenters. The average Bonchev–Trinajstić information content (AvgIpc) is 3.56. The predicted octanol–water partition coefficient (Wildman–Crippen LogP) is 4.21. The van der Waals surface area contributed by atoms with E-state index in [0.29, 0.717) is 4.47 Å². The first-order valence-corrected chi connectivity index (χ1v) is 10.5. The van der Waals surface area contributed by atoms with E-state index in [2.05, 4.69) is 26.6 Å². The fourth-order valence-electron chi connectivity index (χ4n) is 3.15. The van der Waals surface area contributed by atoms with Gasteiger partial charge < -0.3 is 20.5 Å². The number of nitrogens with one attached hydrogen (secondary N) is 2. The molecular weight excluding hydrogens is 464 g/mol. The fourth-order valence-corrected chi connectivity index (χ4v) is 3.51. The SMILES string of the molecule is O=C(COc1cc2ccccc2cc1C(=O)Nc1ccc(Br)cc1C(=O)O)NC1CC1. The van der Waals surface area contributed by atoms with Crippen molar-refractivity contribution in [3.8, 4) is 5.75 Å². The van der Waals surface area contributed by atoms with Crippen LogP contribution in [0.4, 0.5) is 5.69 Å². The van der Waals surface area contributed by atoms with E-state index in [1.165, 1.54) is 12.1 Å². The third-order valence-electron chi connectivity index (χ3n) is 4.85. The van der Waals surface area contributed by atoms with Crippen LogP contribution < -0.4 is 15.4 Å². The number of carbonyl (C=O) groups excluding carboxylic acids is 2. The number of carboxylic acids is 1. The number of benzene rings is 3. The van der Waals surface area contributed by atoms with Crippen LogP contribution in [0.5, 0.6) is 5.75 Å². The van der Waals surface area contributed by atoms with Crippen molar-refractivity contribution in [1.82, 2.24) is 5.32 Å². The highest BCUT2D eigenvalue weighted by Crippen LogP contribution is 2.28. The van der Waals surface area contributed by atoms with E-state index >= 15 is 0 Å². The van der Waals surface area contributed by atoms with Gasteiger partial charge in [0.25, 0.3) is 11.8 Å². The molecule has 3 aromatic rings. The van der Waals surface area contributed by atoms with E-state index in [9.17, 15) is 19.5 Å². The molecule has 1 fully saturated rings. The molecule has 3 aromatic carbocycles. The minimum atomic E-state index is -1.16. The number of carboxylic acid groups (broad SMARTS) is 1. The summed E-state index contributed by atoms with van der Waals surface area (Å²) in [6.07, 6.45) is 1.93. The zero-order valence-corrected chi connectivity index (χ0v) is 17.9. The summed E-state index contributed by atoms with van der Waals surface area (Å²) in [6.45, 7) is -0.215. The molecule has 0 spiro atoms. The molecule has 0 radical (unpaired) electrons. The smallest absolute Gasteiger partial charge is 0.337 e. The highest BCUT2D eigenvalue weighted by atomic mass is 79.9. The molecular formula is C23H19BrN2O5. The first kappa shape index (κ1) is 20.9. The van der Waals surface area contributed by atoms with Crippen molar-refractivity contribution in [2.75, 3.05) is 11.9 Å². The Bertz CT molecular complexity index is 1190. The van der Waals surface area contributed by atoms with Gasteiger partial charge in [0.1, 0.15) is 5.75 Å². The van der Waals surface area contributed by atoms with Crippen LogP contribution in [-0.4, -0.2) is 35.5 Å². The van der Waals surface area contributed by atoms with Crippen LogP contribution in [0.1, 0.15) is 33.6 Å². The molecule has 31 heavy (non-hydrogen) atoms. The second kappa shape index (κ2) is 8.77. The normalized spacial score (nSPS) is 12.9. The molecule has 0 bridgehead atoms. The standard InChI is InChI=1S/C23H19BrN2O5/c24-15-5-8-19(17(11-15)23(29)30)26-22(28)18-9-13-3-1-2-4-14(13)10-20(18)31-12-21(27)25-16-6-7-16/h1-5,8-11,16H,6-7,12H2,(H,25,27)(H,26,28)(H,29,30). The molecule has 0 aliphatic heterocycles. The Morgan fingerprint density at radius 3 is 2.39 bits per heavy atom. The van der Waals surface area contributed by atoms with Crippen LogP contribution >= 0.6 is 15.9 Å². The fraction of sp³-hybridized carbons (Fsp3) is 0.174. The maximum atomic E-state index is 13.1. The van der Waals surface area contributed by atoms with Gasteiger partial charge in [0.15, 0.2) is 6.61 Å². The first-order valence-electron chi connectivity index (χ1n) is 9.70. The third-order valence-corrected chi connectivity index (χ3v) is 5.35. The van der Waals surface area contributed by atoms with E-state index in [1.807, 2.05) is 24.3 Å². The summed E-state index contributed by atoms with van der Waals surface area (Å²) in [5.74, 6) is -1.70. The number of aromatic carboxylic acids is 1. The molecule has 0 saturated heterocycles. The number of fused-ring (bicyclic) bond motifs is 1. The summed E-state index contributed by atoms with van der Waals surface area (Å²) in [6, 6.07) is 15.6. The van der Waals surface area contributed by atoms with Crippen molar-refractivity contribution in [2.45, 2.75) is 18.9 Å². The second-order valence-corrected chi connectivity index (χ2v) is 8.19. The van der Waals surface area contributed by atoms with Gasteiger partial charge in [-0.25, -0.2) is 4.79 Å². The molecule has 3 N–H and O–H groups in total. The number of halogens is 1. The largest absolute Gasteiger partial charge is 0.483 e. The molecule has 0 unspecified atom stereocenters. The van der Waals surface area contributed by atoms with Crippen molar-refractivity contribution in [3.63, 3.8) is 0 Å². The number of carbonyl (C=O) groups is 3. The van der Waals surface area contributed by atoms with Gasteiger partial charge in [-0.2, -0.15) is 0 Å². The van der Waals surface area contributed by atoms with Crippen LogP contribution in [0.3, 0.4) is 0 Å². The van der Waals surface area contributed by atoms with Crippen molar-refractivity contribution < 1.29 is 24.2 Å². The van der Waals surface area contributed by atoms with Gasteiger partial charge in [0.2, 0.25) is 0 Å². The van der Waals surface area contributed by atoms with Crippen LogP contribution in [0.2, 0.25) is 0 Å². The third kappa shape index (κ3) is 5.03. The van der Waals surface area contributed by atoms with Gasteiger partial charge in [-0.1, -0.05) is 40.2 Å². The Kier molecular flexibility index (Phi) is 5.90. The molecule has 4 rings (SSSR count). The van der Waals surface area contributed by atoms with Crippen molar-refractivity contribution in [2.24, 2.45) is 0 Å². The second-order valence-electron chi connectivity index (χ2n) is 7.28. The molecule has 1 aliphatic carbocycles. The number of rotatable bonds is 7. The maximum absolute atomic E-state index is 13.1. The summed E-state index contributed by atoms with van der Waals surface area (Å²) < 4.78 is 6.28. The van der Waals surface area contributed by atoms with E-state index in [-0.39, 0.29) is 41.1 Å². The van der Waals surface area contributed by atoms with Gasteiger partial charge in [0, 0.05) is 10.5 Å². The van der Waals surface area contributed by atoms with E-state index in [4.69, 9.17) is 4.74 Å². The topological polar surface area (TPSA) is 105 Å². The monoisotopic (exact) mass is 482 g/mol. The zero-order chi connectivity index (χ0) is 22.0. The van der Waals surface area contributed by atoms with Gasteiger partial charge in [-0.15, -0.1) is 0 Å². The molecule has 7 nitrogen and oxygen atoms in total. The van der Waals surface area contributed by atoms with Gasteiger partial charge in [-0.3, -0.25) is 9.59 Å². The van der Waals surface area contributed by atoms with E-state index in [0.717, 1.165) is 23.6 Å². The Morgan fingerprint density at radius 1 is 1.00 bits per heavy atom. The Hall–Kier alpha value is -3.39. The Balaban J connectivity index is 1.63. The van der Waals surface area contributed by atoms with Crippen molar-refractivity contribution >= 4 is 50.2 Å². The number of hydrogen-bond acceptors (Lipinski definition) is 4. The first-order chi connectivity index (χ1) is 14.9. The van der Waals surface area contributed by atoms with Crippen LogP contribution in [-0.2, 0) is 4.79 Å². The molecule has 8 heteroatoms. The van der Waals surface area contributed by atoms with Crippen molar-refractivity contribution in [3.05, 3.63) is 70.2 Å². The van der Waals surface area contributed by atoms with Crippen LogP contribution in [0, 0.1) is 0 Å². The summed E-state index contributed by atoms with van der Waals surface area (Å²) in [5.41, 5.74) is 0.318. The van der Waals surface area contributed by atoms with Gasteiger partial charge >= 0.3 is 5.97 Å². The number of hydrogen-bond donors (Lipinski definition) is 3. The lowest BCUT2D eigenvalue weighted by atomic mass is 10.0. The molecule has 0 heterocycles. The summed E-state index contributed by atoms with van der Waals surface area (Å²) >= 11 is 3.24. The van der Waals surface area contributed by atoms with E-state index < -0.39 is 11.9 Å². The lowest BCUT2D eigenvalue weighted by Gasteiger charge is -2.14. The lowest BCUT2D eigenvalue weighted by molar-refractivity contribution is -0.123. The molecule has 0 aromatic heterocycles. The van der Waals surface area contributed by atoms with Gasteiger partial charge in [-0.05, 0) is 53.9 Å². The number of ether oxygens (including phenoxy) is 1. The van der Waals surface area contributed by atoms with Crippen LogP contribution in [0.25, 0.3) is 10.8 Å². The van der Waals surface area contributed by atoms with E-state index in [1.54, 1.807) is 18.2 Å². The predicted molar refractivity (Wildman–Crippen MR) is 120 cm³/mol.